The predicted octanol–water partition coefficient (Wildman–Crippen LogP) is 2.00. The number of benzene rings is 1. The molecule has 2 fully saturated rings. The molecule has 3 rings (SSSR count). The van der Waals surface area contributed by atoms with E-state index >= 15 is 0 Å². The van der Waals surface area contributed by atoms with Gasteiger partial charge in [-0.05, 0) is 43.9 Å². The second kappa shape index (κ2) is 7.94. The van der Waals surface area contributed by atoms with Gasteiger partial charge in [0.1, 0.15) is 4.90 Å². The molecule has 0 spiro atoms. The summed E-state index contributed by atoms with van der Waals surface area (Å²) < 4.78 is 32.2. The van der Waals surface area contributed by atoms with Gasteiger partial charge in [0.05, 0.1) is 10.6 Å². The van der Waals surface area contributed by atoms with Crippen LogP contribution in [0.3, 0.4) is 0 Å². The summed E-state index contributed by atoms with van der Waals surface area (Å²) in [6.07, 6.45) is 5.62. The highest BCUT2D eigenvalue weighted by atomic mass is 35.5. The van der Waals surface area contributed by atoms with Gasteiger partial charge in [0.15, 0.2) is 6.61 Å². The fourth-order valence-corrected chi connectivity index (χ4v) is 4.70. The minimum absolute atomic E-state index is 0.0219. The van der Waals surface area contributed by atoms with Crippen molar-refractivity contribution in [1.82, 2.24) is 10.0 Å². The zero-order valence-electron chi connectivity index (χ0n) is 14.2. The van der Waals surface area contributed by atoms with Crippen LogP contribution in [0.5, 0.6) is 0 Å². The Balaban J connectivity index is 1.61. The number of halogens is 1. The molecule has 0 aromatic heterocycles. The maximum absolute atomic E-state index is 12.3. The minimum Gasteiger partial charge on any atom is -0.452 e. The van der Waals surface area contributed by atoms with E-state index in [-0.39, 0.29) is 33.5 Å². The van der Waals surface area contributed by atoms with Crippen LogP contribution in [0.2, 0.25) is 5.02 Å². The maximum atomic E-state index is 12.3. The predicted molar refractivity (Wildman–Crippen MR) is 95.5 cm³/mol. The van der Waals surface area contributed by atoms with E-state index < -0.39 is 22.6 Å². The van der Waals surface area contributed by atoms with Gasteiger partial charge >= 0.3 is 5.97 Å². The van der Waals surface area contributed by atoms with Crippen molar-refractivity contribution < 1.29 is 22.7 Å². The van der Waals surface area contributed by atoms with Crippen molar-refractivity contribution in [3.05, 3.63) is 28.8 Å². The van der Waals surface area contributed by atoms with E-state index in [1.54, 1.807) is 0 Å². The lowest BCUT2D eigenvalue weighted by Gasteiger charge is -2.12. The molecule has 7 nitrogen and oxygen atoms in total. The standard InChI is InChI=1S/C17H21ClN2O5S/c18-14-8-5-11(9-15(14)26(23,24)20-13-6-7-13)17(22)25-10-16(21)19-12-3-1-2-4-12/h5,8-9,12-13,20H,1-4,6-7,10H2,(H,19,21). The maximum Gasteiger partial charge on any atom is 0.338 e. The highest BCUT2D eigenvalue weighted by Crippen LogP contribution is 2.27. The molecule has 2 saturated carbocycles. The van der Waals surface area contributed by atoms with Crippen molar-refractivity contribution in [1.29, 1.82) is 0 Å². The number of rotatable bonds is 7. The summed E-state index contributed by atoms with van der Waals surface area (Å²) >= 11 is 5.98. The van der Waals surface area contributed by atoms with Crippen LogP contribution in [0.25, 0.3) is 0 Å². The van der Waals surface area contributed by atoms with Crippen LogP contribution >= 0.6 is 11.6 Å². The molecule has 2 aliphatic rings. The molecule has 2 aliphatic carbocycles. The molecular formula is C17H21ClN2O5S. The Morgan fingerprint density at radius 1 is 1.12 bits per heavy atom. The van der Waals surface area contributed by atoms with Crippen LogP contribution in [0.4, 0.5) is 0 Å². The van der Waals surface area contributed by atoms with E-state index in [1.165, 1.54) is 18.2 Å². The van der Waals surface area contributed by atoms with Crippen LogP contribution in [0, 0.1) is 0 Å². The summed E-state index contributed by atoms with van der Waals surface area (Å²) in [7, 11) is -3.80. The largest absolute Gasteiger partial charge is 0.452 e. The summed E-state index contributed by atoms with van der Waals surface area (Å²) in [5.74, 6) is -1.13. The van der Waals surface area contributed by atoms with Crippen LogP contribution in [0.1, 0.15) is 48.9 Å². The van der Waals surface area contributed by atoms with E-state index in [0.29, 0.717) is 0 Å². The molecule has 1 aromatic rings. The first-order chi connectivity index (χ1) is 12.3. The number of ether oxygens (including phenoxy) is 1. The SMILES string of the molecule is O=C(COC(=O)c1ccc(Cl)c(S(=O)(=O)NC2CC2)c1)NC1CCCC1. The Morgan fingerprint density at radius 2 is 1.81 bits per heavy atom. The first-order valence-electron chi connectivity index (χ1n) is 8.63. The van der Waals surface area contributed by atoms with Gasteiger partial charge in [0.25, 0.3) is 5.91 Å². The third-order valence-corrected chi connectivity index (χ3v) is 6.41. The summed E-state index contributed by atoms with van der Waals surface area (Å²) in [6, 6.07) is 3.94. The Hall–Kier alpha value is -1.64. The first-order valence-corrected chi connectivity index (χ1v) is 10.5. The molecule has 0 bridgehead atoms. The number of carbonyl (C=O) groups excluding carboxylic acids is 2. The zero-order chi connectivity index (χ0) is 18.7. The third kappa shape index (κ3) is 4.96. The summed E-state index contributed by atoms with van der Waals surface area (Å²) in [5, 5.41) is 2.84. The van der Waals surface area contributed by atoms with E-state index in [1.807, 2.05) is 0 Å². The molecule has 9 heteroatoms. The monoisotopic (exact) mass is 400 g/mol. The van der Waals surface area contributed by atoms with Crippen LogP contribution < -0.4 is 10.0 Å². The van der Waals surface area contributed by atoms with Crippen molar-refractivity contribution in [2.24, 2.45) is 0 Å². The van der Waals surface area contributed by atoms with Crippen molar-refractivity contribution in [2.45, 2.75) is 55.5 Å². The molecule has 0 heterocycles. The fraction of sp³-hybridized carbons (Fsp3) is 0.529. The molecular weight excluding hydrogens is 380 g/mol. The molecule has 0 unspecified atom stereocenters. The lowest BCUT2D eigenvalue weighted by Crippen LogP contribution is -2.35. The first kappa shape index (κ1) is 19.1. The Kier molecular flexibility index (Phi) is 5.84. The van der Waals surface area contributed by atoms with E-state index in [4.69, 9.17) is 16.3 Å². The quantitative estimate of drug-likeness (QED) is 0.681. The van der Waals surface area contributed by atoms with Gasteiger partial charge in [-0.2, -0.15) is 0 Å². The van der Waals surface area contributed by atoms with Gasteiger partial charge in [0.2, 0.25) is 10.0 Å². The summed E-state index contributed by atoms with van der Waals surface area (Å²) in [4.78, 5) is 23.8. The number of sulfonamides is 1. The average Bonchev–Trinajstić information content (AvgIpc) is 3.24. The van der Waals surface area contributed by atoms with Crippen molar-refractivity contribution in [3.63, 3.8) is 0 Å². The number of carbonyl (C=O) groups is 2. The lowest BCUT2D eigenvalue weighted by molar-refractivity contribution is -0.124. The van der Waals surface area contributed by atoms with Gasteiger partial charge in [-0.3, -0.25) is 4.79 Å². The highest BCUT2D eigenvalue weighted by Gasteiger charge is 2.30. The third-order valence-electron chi connectivity index (χ3n) is 4.41. The van der Waals surface area contributed by atoms with Crippen LogP contribution in [0.15, 0.2) is 23.1 Å². The van der Waals surface area contributed by atoms with Crippen LogP contribution in [-0.2, 0) is 19.6 Å². The van der Waals surface area contributed by atoms with E-state index in [2.05, 4.69) is 10.0 Å². The fourth-order valence-electron chi connectivity index (χ4n) is 2.87. The van der Waals surface area contributed by atoms with Gasteiger partial charge in [-0.1, -0.05) is 24.4 Å². The Bertz CT molecular complexity index is 801. The van der Waals surface area contributed by atoms with Gasteiger partial charge in [-0.15, -0.1) is 0 Å². The summed E-state index contributed by atoms with van der Waals surface area (Å²) in [5.41, 5.74) is 0.0271. The van der Waals surface area contributed by atoms with Gasteiger partial charge in [-0.25, -0.2) is 17.9 Å². The minimum atomic E-state index is -3.80. The molecule has 1 amide bonds. The van der Waals surface area contributed by atoms with E-state index in [0.717, 1.165) is 38.5 Å². The number of hydrogen-bond donors (Lipinski definition) is 2. The number of esters is 1. The lowest BCUT2D eigenvalue weighted by atomic mass is 10.2. The molecule has 0 aliphatic heterocycles. The van der Waals surface area contributed by atoms with E-state index in [9.17, 15) is 18.0 Å². The Morgan fingerprint density at radius 3 is 2.46 bits per heavy atom. The Labute approximate surface area is 157 Å². The molecule has 2 N–H and O–H groups in total. The molecule has 142 valence electrons. The molecule has 0 radical (unpaired) electrons. The van der Waals surface area contributed by atoms with Crippen molar-refractivity contribution >= 4 is 33.5 Å². The second-order valence-electron chi connectivity index (χ2n) is 6.67. The average molecular weight is 401 g/mol. The molecule has 0 atom stereocenters. The zero-order valence-corrected chi connectivity index (χ0v) is 15.7. The van der Waals surface area contributed by atoms with Gasteiger partial charge < -0.3 is 10.1 Å². The number of hydrogen-bond acceptors (Lipinski definition) is 5. The number of nitrogens with one attached hydrogen (secondary N) is 2. The normalized spacial score (nSPS) is 17.9. The summed E-state index contributed by atoms with van der Waals surface area (Å²) in [6.45, 7) is -0.402. The molecule has 0 saturated heterocycles. The highest BCUT2D eigenvalue weighted by molar-refractivity contribution is 7.89. The second-order valence-corrected chi connectivity index (χ2v) is 8.76. The number of amides is 1. The smallest absolute Gasteiger partial charge is 0.338 e. The topological polar surface area (TPSA) is 102 Å². The molecule has 26 heavy (non-hydrogen) atoms. The van der Waals surface area contributed by atoms with Crippen molar-refractivity contribution in [3.8, 4) is 0 Å². The van der Waals surface area contributed by atoms with Crippen LogP contribution in [-0.4, -0.2) is 39.0 Å². The van der Waals surface area contributed by atoms with Crippen molar-refractivity contribution in [2.75, 3.05) is 6.61 Å². The molecule has 1 aromatic carbocycles. The van der Waals surface area contributed by atoms with Gasteiger partial charge in [0, 0.05) is 12.1 Å².